The van der Waals surface area contributed by atoms with Gasteiger partial charge in [0.25, 0.3) is 0 Å². The number of hydrogen-bond acceptors (Lipinski definition) is 4. The Morgan fingerprint density at radius 2 is 1.76 bits per heavy atom. The van der Waals surface area contributed by atoms with Crippen molar-refractivity contribution < 1.29 is 9.90 Å². The predicted octanol–water partition coefficient (Wildman–Crippen LogP) is 3.76. The van der Waals surface area contributed by atoms with E-state index in [0.29, 0.717) is 22.0 Å². The number of carboxylic acid groups (broad SMARTS) is 1. The van der Waals surface area contributed by atoms with Gasteiger partial charge >= 0.3 is 5.97 Å². The second kappa shape index (κ2) is 5.38. The van der Waals surface area contributed by atoms with Crippen molar-refractivity contribution in [3.63, 3.8) is 0 Å². The first-order valence-electron chi connectivity index (χ1n) is 6.30. The molecule has 0 amide bonds. The molecule has 5 heteroatoms. The Kier molecular flexibility index (Phi) is 3.41. The van der Waals surface area contributed by atoms with Crippen LogP contribution >= 0.6 is 11.3 Å². The van der Waals surface area contributed by atoms with Crippen LogP contribution in [0.5, 0.6) is 0 Å². The maximum atomic E-state index is 11.5. The van der Waals surface area contributed by atoms with E-state index in [-0.39, 0.29) is 4.88 Å². The fraction of sp³-hybridized carbons (Fsp3) is 0. The van der Waals surface area contributed by atoms with Crippen molar-refractivity contribution in [3.8, 4) is 21.8 Å². The first-order chi connectivity index (χ1) is 10.1. The monoisotopic (exact) mass is 296 g/mol. The zero-order valence-electron chi connectivity index (χ0n) is 11.0. The fourth-order valence-corrected chi connectivity index (χ4v) is 2.98. The zero-order valence-corrected chi connectivity index (χ0v) is 11.8. The van der Waals surface area contributed by atoms with Crippen LogP contribution in [0.25, 0.3) is 21.8 Å². The fourth-order valence-electron chi connectivity index (χ4n) is 2.05. The van der Waals surface area contributed by atoms with Crippen LogP contribution in [0.1, 0.15) is 9.67 Å². The number of nitrogen functional groups attached to an aromatic ring is 1. The summed E-state index contributed by atoms with van der Waals surface area (Å²) in [5.74, 6) is -0.980. The van der Waals surface area contributed by atoms with Crippen LogP contribution in [0, 0.1) is 0 Å². The number of hydrogen-bond donors (Lipinski definition) is 2. The van der Waals surface area contributed by atoms with Crippen molar-refractivity contribution in [2.45, 2.75) is 0 Å². The lowest BCUT2D eigenvalue weighted by Gasteiger charge is -2.00. The molecule has 0 spiro atoms. The second-order valence-electron chi connectivity index (χ2n) is 4.49. The highest BCUT2D eigenvalue weighted by atomic mass is 32.1. The van der Waals surface area contributed by atoms with Crippen molar-refractivity contribution in [2.24, 2.45) is 0 Å². The summed E-state index contributed by atoms with van der Waals surface area (Å²) in [6.07, 6.45) is 0. The largest absolute Gasteiger partial charge is 0.477 e. The van der Waals surface area contributed by atoms with E-state index in [0.717, 1.165) is 5.56 Å². The molecule has 4 nitrogen and oxygen atoms in total. The number of benzene rings is 2. The van der Waals surface area contributed by atoms with E-state index in [9.17, 15) is 9.90 Å². The summed E-state index contributed by atoms with van der Waals surface area (Å²) >= 11 is 1.17. The van der Waals surface area contributed by atoms with Crippen LogP contribution in [0.2, 0.25) is 0 Å². The van der Waals surface area contributed by atoms with E-state index in [1.165, 1.54) is 11.3 Å². The maximum Gasteiger partial charge on any atom is 0.348 e. The van der Waals surface area contributed by atoms with Gasteiger partial charge < -0.3 is 10.8 Å². The molecule has 104 valence electrons. The molecule has 0 fully saturated rings. The highest BCUT2D eigenvalue weighted by molar-refractivity contribution is 7.17. The van der Waals surface area contributed by atoms with Crippen molar-refractivity contribution in [2.75, 3.05) is 5.73 Å². The summed E-state index contributed by atoms with van der Waals surface area (Å²) in [6, 6.07) is 16.6. The Balaban J connectivity index is 2.16. The highest BCUT2D eigenvalue weighted by Gasteiger charge is 2.19. The summed E-state index contributed by atoms with van der Waals surface area (Å²) in [4.78, 5) is 16.2. The van der Waals surface area contributed by atoms with Gasteiger partial charge in [0.1, 0.15) is 9.88 Å². The molecule has 0 bridgehead atoms. The second-order valence-corrected chi connectivity index (χ2v) is 5.49. The van der Waals surface area contributed by atoms with Crippen LogP contribution in [0.4, 0.5) is 5.69 Å². The molecule has 0 atom stereocenters. The third kappa shape index (κ3) is 2.64. The molecule has 2 aromatic carbocycles. The van der Waals surface area contributed by atoms with Crippen LogP contribution in [-0.4, -0.2) is 16.1 Å². The van der Waals surface area contributed by atoms with E-state index in [4.69, 9.17) is 5.73 Å². The molecule has 0 saturated carbocycles. The van der Waals surface area contributed by atoms with Gasteiger partial charge in [0, 0.05) is 16.8 Å². The molecule has 1 aromatic heterocycles. The molecule has 21 heavy (non-hydrogen) atoms. The number of carboxylic acids is 1. The van der Waals surface area contributed by atoms with Gasteiger partial charge in [-0.25, -0.2) is 9.78 Å². The van der Waals surface area contributed by atoms with Gasteiger partial charge in [-0.3, -0.25) is 0 Å². The SMILES string of the molecule is Nc1cccc(-c2nc(-c3ccccc3)sc2C(=O)O)c1. The van der Waals surface area contributed by atoms with Crippen molar-refractivity contribution >= 4 is 23.0 Å². The number of rotatable bonds is 3. The molecule has 0 unspecified atom stereocenters. The van der Waals surface area contributed by atoms with Gasteiger partial charge in [0.15, 0.2) is 0 Å². The topological polar surface area (TPSA) is 76.2 Å². The zero-order chi connectivity index (χ0) is 14.8. The minimum absolute atomic E-state index is 0.222. The summed E-state index contributed by atoms with van der Waals surface area (Å²) < 4.78 is 0. The number of aromatic nitrogens is 1. The number of nitrogens with zero attached hydrogens (tertiary/aromatic N) is 1. The lowest BCUT2D eigenvalue weighted by molar-refractivity contribution is 0.0702. The van der Waals surface area contributed by atoms with E-state index < -0.39 is 5.97 Å². The molecule has 3 rings (SSSR count). The van der Waals surface area contributed by atoms with Gasteiger partial charge in [-0.1, -0.05) is 42.5 Å². The Morgan fingerprint density at radius 1 is 1.05 bits per heavy atom. The van der Waals surface area contributed by atoms with Crippen molar-refractivity contribution in [1.82, 2.24) is 4.98 Å². The highest BCUT2D eigenvalue weighted by Crippen LogP contribution is 2.34. The number of nitrogens with two attached hydrogens (primary N) is 1. The van der Waals surface area contributed by atoms with Gasteiger partial charge in [-0.15, -0.1) is 11.3 Å². The van der Waals surface area contributed by atoms with E-state index in [1.54, 1.807) is 18.2 Å². The van der Waals surface area contributed by atoms with Crippen molar-refractivity contribution in [3.05, 3.63) is 59.5 Å². The third-order valence-corrected chi connectivity index (χ3v) is 4.09. The number of carbonyl (C=O) groups is 1. The van der Waals surface area contributed by atoms with Gasteiger partial charge in [0.2, 0.25) is 0 Å². The molecular weight excluding hydrogens is 284 g/mol. The normalized spacial score (nSPS) is 10.5. The van der Waals surface area contributed by atoms with Crippen LogP contribution in [-0.2, 0) is 0 Å². The lowest BCUT2D eigenvalue weighted by atomic mass is 10.1. The number of thiazole rings is 1. The average Bonchev–Trinajstić information content (AvgIpc) is 2.93. The molecule has 3 N–H and O–H groups in total. The average molecular weight is 296 g/mol. The molecule has 0 aliphatic carbocycles. The molecule has 1 heterocycles. The van der Waals surface area contributed by atoms with E-state index in [1.807, 2.05) is 36.4 Å². The van der Waals surface area contributed by atoms with Gasteiger partial charge in [-0.05, 0) is 12.1 Å². The number of anilines is 1. The third-order valence-electron chi connectivity index (χ3n) is 3.00. The number of aromatic carboxylic acids is 1. The molecule has 0 aliphatic heterocycles. The minimum Gasteiger partial charge on any atom is -0.477 e. The Bertz CT molecular complexity index is 797. The smallest absolute Gasteiger partial charge is 0.348 e. The first-order valence-corrected chi connectivity index (χ1v) is 7.12. The van der Waals surface area contributed by atoms with Crippen LogP contribution < -0.4 is 5.73 Å². The van der Waals surface area contributed by atoms with E-state index >= 15 is 0 Å². The standard InChI is InChI=1S/C16H12N2O2S/c17-12-8-4-7-11(9-12)13-14(16(19)20)21-15(18-13)10-5-2-1-3-6-10/h1-9H,17H2,(H,19,20). The summed E-state index contributed by atoms with van der Waals surface area (Å²) in [5, 5.41) is 10.1. The molecule has 0 aliphatic rings. The molecule has 0 radical (unpaired) electrons. The molecular formula is C16H12N2O2S. The minimum atomic E-state index is -0.980. The Labute approximate surface area is 125 Å². The summed E-state index contributed by atoms with van der Waals surface area (Å²) in [6.45, 7) is 0. The molecule has 3 aromatic rings. The van der Waals surface area contributed by atoms with Crippen LogP contribution in [0.15, 0.2) is 54.6 Å². The lowest BCUT2D eigenvalue weighted by Crippen LogP contribution is -1.96. The summed E-state index contributed by atoms with van der Waals surface area (Å²) in [7, 11) is 0. The van der Waals surface area contributed by atoms with Crippen LogP contribution in [0.3, 0.4) is 0 Å². The maximum absolute atomic E-state index is 11.5. The quantitative estimate of drug-likeness (QED) is 0.721. The molecule has 0 saturated heterocycles. The Hall–Kier alpha value is -2.66. The van der Waals surface area contributed by atoms with Gasteiger partial charge in [-0.2, -0.15) is 0 Å². The van der Waals surface area contributed by atoms with Gasteiger partial charge in [0.05, 0.1) is 5.69 Å². The predicted molar refractivity (Wildman–Crippen MR) is 84.4 cm³/mol. The van der Waals surface area contributed by atoms with E-state index in [2.05, 4.69) is 4.98 Å². The van der Waals surface area contributed by atoms with Crippen molar-refractivity contribution in [1.29, 1.82) is 0 Å². The Morgan fingerprint density at radius 3 is 2.43 bits per heavy atom. The summed E-state index contributed by atoms with van der Waals surface area (Å²) in [5.41, 5.74) is 8.42. The first kappa shape index (κ1) is 13.3.